The van der Waals surface area contributed by atoms with Crippen LogP contribution in [0, 0.1) is 0 Å². The van der Waals surface area contributed by atoms with Crippen LogP contribution in [0.3, 0.4) is 0 Å². The van der Waals surface area contributed by atoms with Gasteiger partial charge in [-0.1, -0.05) is 6.92 Å². The highest BCUT2D eigenvalue weighted by molar-refractivity contribution is 5.98. The molecule has 0 aliphatic heterocycles. The van der Waals surface area contributed by atoms with Gasteiger partial charge in [-0.15, -0.1) is 0 Å². The maximum atomic E-state index is 11.7. The van der Waals surface area contributed by atoms with Crippen molar-refractivity contribution in [2.45, 2.75) is 19.4 Å². The molecule has 0 radical (unpaired) electrons. The summed E-state index contributed by atoms with van der Waals surface area (Å²) in [4.78, 5) is 31.4. The fourth-order valence-corrected chi connectivity index (χ4v) is 2.41. The largest absolute Gasteiger partial charge is 0.368 e. The molecule has 26 heavy (non-hydrogen) atoms. The number of aromatic amines is 1. The van der Waals surface area contributed by atoms with E-state index in [9.17, 15) is 9.59 Å². The van der Waals surface area contributed by atoms with E-state index >= 15 is 0 Å². The lowest BCUT2D eigenvalue weighted by Crippen LogP contribution is -2.35. The highest BCUT2D eigenvalue weighted by Gasteiger charge is 2.17. The van der Waals surface area contributed by atoms with Gasteiger partial charge in [-0.25, -0.2) is 4.98 Å². The number of nitrogens with one attached hydrogen (secondary N) is 3. The number of benzene rings is 1. The number of amides is 2. The van der Waals surface area contributed by atoms with Crippen LogP contribution >= 0.6 is 0 Å². The van der Waals surface area contributed by atoms with E-state index in [1.165, 1.54) is 6.20 Å². The smallest absolute Gasteiger partial charge is 0.254 e. The van der Waals surface area contributed by atoms with Crippen LogP contribution in [0.4, 0.5) is 17.5 Å². The summed E-state index contributed by atoms with van der Waals surface area (Å²) in [7, 11) is 0. The van der Waals surface area contributed by atoms with Gasteiger partial charge in [0.25, 0.3) is 5.91 Å². The van der Waals surface area contributed by atoms with Crippen molar-refractivity contribution in [1.29, 1.82) is 0 Å². The van der Waals surface area contributed by atoms with Crippen molar-refractivity contribution in [3.8, 4) is 0 Å². The number of primary amides is 2. The zero-order valence-electron chi connectivity index (χ0n) is 14.0. The molecule has 134 valence electrons. The Labute approximate surface area is 148 Å². The monoisotopic (exact) mass is 354 g/mol. The standard InChI is InChI=1S/C16H18N8O2/c1-2-11(14(18)26)22-16-19-7-10(13(17)25)15(23-16)21-9-3-4-12-8(5-9)6-20-24-12/h3-7,11H,2H2,1H3,(H2,17,25)(H2,18,26)(H,20,24)(H2,19,21,22,23)/t11-/m1/s1. The molecule has 10 heteroatoms. The third-order valence-corrected chi connectivity index (χ3v) is 3.81. The number of nitrogens with zero attached hydrogens (tertiary/aromatic N) is 3. The summed E-state index contributed by atoms with van der Waals surface area (Å²) >= 11 is 0. The molecule has 0 bridgehead atoms. The van der Waals surface area contributed by atoms with Crippen LogP contribution in [0.5, 0.6) is 0 Å². The van der Waals surface area contributed by atoms with Crippen molar-refractivity contribution in [1.82, 2.24) is 20.2 Å². The van der Waals surface area contributed by atoms with E-state index in [1.807, 2.05) is 12.1 Å². The number of hydrogen-bond acceptors (Lipinski definition) is 7. The first-order valence-electron chi connectivity index (χ1n) is 7.90. The van der Waals surface area contributed by atoms with Crippen molar-refractivity contribution in [3.05, 3.63) is 36.2 Å². The molecule has 0 saturated carbocycles. The second kappa shape index (κ2) is 7.05. The Morgan fingerprint density at radius 3 is 2.77 bits per heavy atom. The summed E-state index contributed by atoms with van der Waals surface area (Å²) in [5, 5.41) is 13.6. The molecule has 2 aromatic heterocycles. The van der Waals surface area contributed by atoms with Gasteiger partial charge in [-0.2, -0.15) is 10.1 Å². The van der Waals surface area contributed by atoms with E-state index < -0.39 is 17.9 Å². The van der Waals surface area contributed by atoms with E-state index in [1.54, 1.807) is 19.2 Å². The predicted molar refractivity (Wildman–Crippen MR) is 96.8 cm³/mol. The lowest BCUT2D eigenvalue weighted by molar-refractivity contribution is -0.118. The third-order valence-electron chi connectivity index (χ3n) is 3.81. The lowest BCUT2D eigenvalue weighted by Gasteiger charge is -2.15. The van der Waals surface area contributed by atoms with Crippen LogP contribution in [0.15, 0.2) is 30.6 Å². The third kappa shape index (κ3) is 3.53. The van der Waals surface area contributed by atoms with E-state index in [4.69, 9.17) is 11.5 Å². The summed E-state index contributed by atoms with van der Waals surface area (Å²) in [6, 6.07) is 4.87. The van der Waals surface area contributed by atoms with E-state index in [0.29, 0.717) is 12.1 Å². The Morgan fingerprint density at radius 2 is 2.08 bits per heavy atom. The number of aromatic nitrogens is 4. The van der Waals surface area contributed by atoms with Crippen LogP contribution in [-0.4, -0.2) is 38.0 Å². The number of carbonyl (C=O) groups is 2. The first kappa shape index (κ1) is 17.1. The Balaban J connectivity index is 1.93. The molecule has 0 aliphatic rings. The van der Waals surface area contributed by atoms with Gasteiger partial charge >= 0.3 is 0 Å². The summed E-state index contributed by atoms with van der Waals surface area (Å²) in [5.74, 6) is -0.815. The first-order chi connectivity index (χ1) is 12.5. The van der Waals surface area contributed by atoms with Crippen molar-refractivity contribution < 1.29 is 9.59 Å². The summed E-state index contributed by atoms with van der Waals surface area (Å²) in [6.45, 7) is 1.81. The van der Waals surface area contributed by atoms with E-state index in [2.05, 4.69) is 30.8 Å². The SMILES string of the molecule is CC[C@@H](Nc1ncc(C(N)=O)c(Nc2ccc3[nH]ncc3c2)n1)C(N)=O. The van der Waals surface area contributed by atoms with Crippen LogP contribution in [0.2, 0.25) is 0 Å². The molecule has 3 aromatic rings. The fourth-order valence-electron chi connectivity index (χ4n) is 2.41. The van der Waals surface area contributed by atoms with Crippen molar-refractivity contribution in [2.75, 3.05) is 10.6 Å². The van der Waals surface area contributed by atoms with Gasteiger partial charge in [-0.3, -0.25) is 14.7 Å². The minimum absolute atomic E-state index is 0.120. The maximum Gasteiger partial charge on any atom is 0.254 e. The van der Waals surface area contributed by atoms with Gasteiger partial charge in [0.15, 0.2) is 0 Å². The van der Waals surface area contributed by atoms with Gasteiger partial charge in [0.1, 0.15) is 17.4 Å². The number of H-pyrrole nitrogens is 1. The lowest BCUT2D eigenvalue weighted by atomic mass is 10.2. The molecule has 3 rings (SSSR count). The molecule has 0 saturated heterocycles. The first-order valence-corrected chi connectivity index (χ1v) is 7.90. The van der Waals surface area contributed by atoms with E-state index in [-0.39, 0.29) is 17.3 Å². The van der Waals surface area contributed by atoms with Crippen molar-refractivity contribution in [3.63, 3.8) is 0 Å². The highest BCUT2D eigenvalue weighted by Crippen LogP contribution is 2.23. The molecule has 1 atom stereocenters. The summed E-state index contributed by atoms with van der Waals surface area (Å²) in [6.07, 6.45) is 3.45. The Kier molecular flexibility index (Phi) is 4.65. The molecular formula is C16H18N8O2. The maximum absolute atomic E-state index is 11.7. The van der Waals surface area contributed by atoms with Gasteiger partial charge in [-0.05, 0) is 24.6 Å². The highest BCUT2D eigenvalue weighted by atomic mass is 16.1. The van der Waals surface area contributed by atoms with Crippen LogP contribution in [0.25, 0.3) is 10.9 Å². The summed E-state index contributed by atoms with van der Waals surface area (Å²) in [5.41, 5.74) is 12.4. The molecule has 0 spiro atoms. The minimum Gasteiger partial charge on any atom is -0.368 e. The fraction of sp³-hybridized carbons (Fsp3) is 0.188. The normalized spacial score (nSPS) is 11.9. The molecule has 0 fully saturated rings. The van der Waals surface area contributed by atoms with Crippen LogP contribution in [-0.2, 0) is 4.79 Å². The van der Waals surface area contributed by atoms with Gasteiger partial charge in [0.2, 0.25) is 11.9 Å². The topological polar surface area (TPSA) is 165 Å². The van der Waals surface area contributed by atoms with E-state index in [0.717, 1.165) is 10.9 Å². The number of nitrogens with two attached hydrogens (primary N) is 2. The Bertz CT molecular complexity index is 968. The molecule has 1 aromatic carbocycles. The van der Waals surface area contributed by atoms with Gasteiger partial charge in [0, 0.05) is 17.3 Å². The average molecular weight is 354 g/mol. The van der Waals surface area contributed by atoms with Crippen LogP contribution < -0.4 is 22.1 Å². The number of carbonyl (C=O) groups excluding carboxylic acids is 2. The van der Waals surface area contributed by atoms with Crippen molar-refractivity contribution in [2.24, 2.45) is 11.5 Å². The minimum atomic E-state index is -0.676. The second-order valence-electron chi connectivity index (χ2n) is 5.62. The average Bonchev–Trinajstić information content (AvgIpc) is 3.07. The summed E-state index contributed by atoms with van der Waals surface area (Å²) < 4.78 is 0. The van der Waals surface area contributed by atoms with Gasteiger partial charge in [0.05, 0.1) is 11.7 Å². The number of hydrogen-bond donors (Lipinski definition) is 5. The Morgan fingerprint density at radius 1 is 1.27 bits per heavy atom. The molecule has 2 heterocycles. The van der Waals surface area contributed by atoms with Crippen LogP contribution in [0.1, 0.15) is 23.7 Å². The second-order valence-corrected chi connectivity index (χ2v) is 5.62. The quantitative estimate of drug-likeness (QED) is 0.420. The molecule has 10 nitrogen and oxygen atoms in total. The molecular weight excluding hydrogens is 336 g/mol. The zero-order valence-corrected chi connectivity index (χ0v) is 14.0. The molecule has 2 amide bonds. The number of rotatable bonds is 7. The predicted octanol–water partition coefficient (Wildman–Crippen LogP) is 0.871. The Hall–Kier alpha value is -3.69. The number of fused-ring (bicyclic) bond motifs is 1. The number of anilines is 3. The zero-order chi connectivity index (χ0) is 18.7. The molecule has 0 unspecified atom stereocenters. The van der Waals surface area contributed by atoms with Crippen molar-refractivity contribution >= 4 is 40.2 Å². The molecule has 7 N–H and O–H groups in total. The molecule has 0 aliphatic carbocycles. The van der Waals surface area contributed by atoms with Gasteiger partial charge < -0.3 is 22.1 Å².